The summed E-state index contributed by atoms with van der Waals surface area (Å²) in [6.45, 7) is 5.19. The second-order valence-electron chi connectivity index (χ2n) is 3.56. The van der Waals surface area contributed by atoms with Crippen molar-refractivity contribution >= 4 is 5.91 Å². The van der Waals surface area contributed by atoms with Gasteiger partial charge in [-0.2, -0.15) is 0 Å². The van der Waals surface area contributed by atoms with Gasteiger partial charge in [0.2, 0.25) is 5.91 Å². The maximum atomic E-state index is 11.6. The van der Waals surface area contributed by atoms with E-state index in [0.29, 0.717) is 0 Å². The van der Waals surface area contributed by atoms with Crippen molar-refractivity contribution in [3.05, 3.63) is 0 Å². The summed E-state index contributed by atoms with van der Waals surface area (Å²) in [6.07, 6.45) is 1.69. The van der Waals surface area contributed by atoms with Crippen LogP contribution in [0.5, 0.6) is 0 Å². The Morgan fingerprint density at radius 1 is 1.33 bits per heavy atom. The Morgan fingerprint density at radius 3 is 2.25 bits per heavy atom. The number of rotatable bonds is 2. The van der Waals surface area contributed by atoms with E-state index in [-0.39, 0.29) is 11.8 Å². The number of carbonyl (C=O) groups is 1. The molecule has 2 atom stereocenters. The van der Waals surface area contributed by atoms with Crippen molar-refractivity contribution in [2.75, 3.05) is 13.1 Å². The highest BCUT2D eigenvalue weighted by Crippen LogP contribution is 2.13. The normalized spacial score (nSPS) is 22.4. The van der Waals surface area contributed by atoms with Crippen LogP contribution in [-0.2, 0) is 4.79 Å². The lowest BCUT2D eigenvalue weighted by molar-refractivity contribution is -0.136. The van der Waals surface area contributed by atoms with Crippen LogP contribution in [-0.4, -0.2) is 35.1 Å². The predicted octanol–water partition coefficient (Wildman–Crippen LogP) is 0.626. The number of nitrogens with zero attached hydrogens (tertiary/aromatic N) is 1. The number of likely N-dealkylation sites (tertiary alicyclic amines) is 1. The molecule has 0 aromatic rings. The number of amides is 1. The molecule has 1 N–H and O–H groups in total. The van der Waals surface area contributed by atoms with Crippen LogP contribution in [0.4, 0.5) is 0 Å². The third kappa shape index (κ3) is 1.97. The molecule has 12 heavy (non-hydrogen) atoms. The Bertz CT molecular complexity index is 158. The third-order valence-corrected chi connectivity index (χ3v) is 2.53. The van der Waals surface area contributed by atoms with Crippen molar-refractivity contribution in [1.82, 2.24) is 4.90 Å². The minimum atomic E-state index is -0.530. The van der Waals surface area contributed by atoms with Crippen molar-refractivity contribution in [2.24, 2.45) is 5.92 Å². The van der Waals surface area contributed by atoms with Gasteiger partial charge in [0.15, 0.2) is 0 Å². The molecule has 1 rings (SSSR count). The van der Waals surface area contributed by atoms with Crippen LogP contribution in [0.15, 0.2) is 0 Å². The molecule has 1 heterocycles. The van der Waals surface area contributed by atoms with E-state index in [9.17, 15) is 9.90 Å². The second kappa shape index (κ2) is 3.90. The first-order valence-electron chi connectivity index (χ1n) is 4.60. The van der Waals surface area contributed by atoms with Crippen LogP contribution in [0.1, 0.15) is 26.7 Å². The van der Waals surface area contributed by atoms with E-state index in [1.165, 1.54) is 0 Å². The van der Waals surface area contributed by atoms with Crippen molar-refractivity contribution in [3.63, 3.8) is 0 Å². The van der Waals surface area contributed by atoms with E-state index >= 15 is 0 Å². The van der Waals surface area contributed by atoms with E-state index in [4.69, 9.17) is 0 Å². The third-order valence-electron chi connectivity index (χ3n) is 2.53. The van der Waals surface area contributed by atoms with Crippen LogP contribution in [0.25, 0.3) is 0 Å². The Hall–Kier alpha value is -0.570. The minimum Gasteiger partial charge on any atom is -0.393 e. The zero-order chi connectivity index (χ0) is 9.14. The van der Waals surface area contributed by atoms with Crippen LogP contribution < -0.4 is 0 Å². The molecule has 0 bridgehead atoms. The first kappa shape index (κ1) is 9.52. The molecule has 3 nitrogen and oxygen atoms in total. The summed E-state index contributed by atoms with van der Waals surface area (Å²) in [7, 11) is 0. The SMILES string of the molecule is CC(O)C(C)C(=O)N1CCCC1. The first-order chi connectivity index (χ1) is 5.63. The zero-order valence-electron chi connectivity index (χ0n) is 7.79. The summed E-state index contributed by atoms with van der Waals surface area (Å²) in [5, 5.41) is 9.20. The van der Waals surface area contributed by atoms with Gasteiger partial charge in [0.05, 0.1) is 12.0 Å². The quantitative estimate of drug-likeness (QED) is 0.662. The van der Waals surface area contributed by atoms with E-state index < -0.39 is 6.10 Å². The number of hydrogen-bond acceptors (Lipinski definition) is 2. The van der Waals surface area contributed by atoms with Gasteiger partial charge in [-0.3, -0.25) is 4.79 Å². The molecule has 70 valence electrons. The van der Waals surface area contributed by atoms with Gasteiger partial charge in [0, 0.05) is 13.1 Å². The lowest BCUT2D eigenvalue weighted by Gasteiger charge is -2.21. The molecule has 1 aliphatic heterocycles. The van der Waals surface area contributed by atoms with Crippen molar-refractivity contribution in [2.45, 2.75) is 32.8 Å². The number of carbonyl (C=O) groups excluding carboxylic acids is 1. The fourth-order valence-electron chi connectivity index (χ4n) is 1.43. The topological polar surface area (TPSA) is 40.5 Å². The molecule has 2 unspecified atom stereocenters. The maximum Gasteiger partial charge on any atom is 0.227 e. The second-order valence-corrected chi connectivity index (χ2v) is 3.56. The fourth-order valence-corrected chi connectivity index (χ4v) is 1.43. The smallest absolute Gasteiger partial charge is 0.227 e. The molecule has 1 fully saturated rings. The molecular formula is C9H17NO2. The van der Waals surface area contributed by atoms with Crippen molar-refractivity contribution in [1.29, 1.82) is 0 Å². The van der Waals surface area contributed by atoms with Gasteiger partial charge in [-0.25, -0.2) is 0 Å². The van der Waals surface area contributed by atoms with E-state index in [0.717, 1.165) is 25.9 Å². The lowest BCUT2D eigenvalue weighted by Crippen LogP contribution is -2.36. The molecule has 0 saturated carbocycles. The molecule has 0 aromatic heterocycles. The molecule has 1 saturated heterocycles. The highest BCUT2D eigenvalue weighted by atomic mass is 16.3. The minimum absolute atomic E-state index is 0.0995. The van der Waals surface area contributed by atoms with Gasteiger partial charge in [0.25, 0.3) is 0 Å². The molecule has 0 aromatic carbocycles. The van der Waals surface area contributed by atoms with Gasteiger partial charge >= 0.3 is 0 Å². The highest BCUT2D eigenvalue weighted by molar-refractivity contribution is 5.79. The lowest BCUT2D eigenvalue weighted by atomic mass is 10.1. The van der Waals surface area contributed by atoms with Crippen LogP contribution in [0, 0.1) is 5.92 Å². The zero-order valence-corrected chi connectivity index (χ0v) is 7.79. The molecule has 0 aliphatic carbocycles. The summed E-state index contributed by atoms with van der Waals surface area (Å²) in [5.74, 6) is -0.148. The van der Waals surface area contributed by atoms with Gasteiger partial charge in [-0.1, -0.05) is 6.92 Å². The first-order valence-corrected chi connectivity index (χ1v) is 4.60. The molecule has 0 radical (unpaired) electrons. The molecular weight excluding hydrogens is 154 g/mol. The average Bonchev–Trinajstić information content (AvgIpc) is 2.53. The van der Waals surface area contributed by atoms with Gasteiger partial charge in [0.1, 0.15) is 0 Å². The average molecular weight is 171 g/mol. The number of aliphatic hydroxyl groups excluding tert-OH is 1. The van der Waals surface area contributed by atoms with E-state index in [1.807, 2.05) is 4.90 Å². The Kier molecular flexibility index (Phi) is 3.09. The highest BCUT2D eigenvalue weighted by Gasteiger charge is 2.25. The Labute approximate surface area is 73.4 Å². The summed E-state index contributed by atoms with van der Waals surface area (Å²) < 4.78 is 0. The van der Waals surface area contributed by atoms with E-state index in [1.54, 1.807) is 13.8 Å². The molecule has 3 heteroatoms. The molecule has 1 aliphatic rings. The van der Waals surface area contributed by atoms with Crippen molar-refractivity contribution in [3.8, 4) is 0 Å². The van der Waals surface area contributed by atoms with Gasteiger partial charge < -0.3 is 10.0 Å². The number of hydrogen-bond donors (Lipinski definition) is 1. The largest absolute Gasteiger partial charge is 0.393 e. The maximum absolute atomic E-state index is 11.6. The molecule has 1 amide bonds. The van der Waals surface area contributed by atoms with Crippen LogP contribution >= 0.6 is 0 Å². The van der Waals surface area contributed by atoms with Gasteiger partial charge in [-0.05, 0) is 19.8 Å². The molecule has 0 spiro atoms. The van der Waals surface area contributed by atoms with Crippen molar-refractivity contribution < 1.29 is 9.90 Å². The predicted molar refractivity (Wildman–Crippen MR) is 46.7 cm³/mol. The van der Waals surface area contributed by atoms with E-state index in [2.05, 4.69) is 0 Å². The Morgan fingerprint density at radius 2 is 1.83 bits per heavy atom. The summed E-state index contributed by atoms with van der Waals surface area (Å²) in [6, 6.07) is 0. The summed E-state index contributed by atoms with van der Waals surface area (Å²) in [5.41, 5.74) is 0. The summed E-state index contributed by atoms with van der Waals surface area (Å²) >= 11 is 0. The van der Waals surface area contributed by atoms with Crippen LogP contribution in [0.2, 0.25) is 0 Å². The standard InChI is InChI=1S/C9H17NO2/c1-7(8(2)11)9(12)10-5-3-4-6-10/h7-8,11H,3-6H2,1-2H3. The van der Waals surface area contributed by atoms with Gasteiger partial charge in [-0.15, -0.1) is 0 Å². The fraction of sp³-hybridized carbons (Fsp3) is 0.889. The monoisotopic (exact) mass is 171 g/mol. The Balaban J connectivity index is 2.45. The van der Waals surface area contributed by atoms with Crippen LogP contribution in [0.3, 0.4) is 0 Å². The number of aliphatic hydroxyl groups is 1. The summed E-state index contributed by atoms with van der Waals surface area (Å²) in [4.78, 5) is 13.4.